The first-order valence-corrected chi connectivity index (χ1v) is 4.68. The molecule has 0 bridgehead atoms. The van der Waals surface area contributed by atoms with Crippen molar-refractivity contribution < 1.29 is 54.1 Å². The Labute approximate surface area is 121 Å². The first kappa shape index (κ1) is 16.1. The van der Waals surface area contributed by atoms with Crippen LogP contribution in [0.1, 0.15) is 12.0 Å². The van der Waals surface area contributed by atoms with Crippen LogP contribution in [0.5, 0.6) is 0 Å². The van der Waals surface area contributed by atoms with Gasteiger partial charge >= 0.3 is 35.5 Å². The Morgan fingerprint density at radius 1 is 1.29 bits per heavy atom. The maximum atomic E-state index is 11.1. The molecule has 0 fully saturated rings. The van der Waals surface area contributed by atoms with Gasteiger partial charge in [0, 0.05) is 12.4 Å². The number of carboxylic acids is 1. The van der Waals surface area contributed by atoms with Crippen LogP contribution in [0.15, 0.2) is 30.3 Å². The van der Waals surface area contributed by atoms with Gasteiger partial charge in [-0.15, -0.1) is 0 Å². The molecular weight excluding hydrogens is 235 g/mol. The normalized spacial score (nSPS) is 11.1. The smallest absolute Gasteiger partial charge is 0.550 e. The van der Waals surface area contributed by atoms with Gasteiger partial charge in [-0.05, 0) is 5.56 Å². The molecule has 17 heavy (non-hydrogen) atoms. The van der Waals surface area contributed by atoms with E-state index in [-0.39, 0.29) is 36.2 Å². The maximum Gasteiger partial charge on any atom is 1.00 e. The Balaban J connectivity index is 0.00000256. The summed E-state index contributed by atoms with van der Waals surface area (Å²) in [7, 11) is 0. The third-order valence-corrected chi connectivity index (χ3v) is 1.86. The van der Waals surface area contributed by atoms with Gasteiger partial charge in [-0.3, -0.25) is 0 Å². The van der Waals surface area contributed by atoms with Gasteiger partial charge in [0.2, 0.25) is 0 Å². The van der Waals surface area contributed by atoms with Crippen molar-refractivity contribution in [3.05, 3.63) is 35.9 Å². The number of aliphatic hydroxyl groups is 1. The molecule has 0 aliphatic rings. The summed E-state index contributed by atoms with van der Waals surface area (Å²) in [6.45, 7) is 0.00375. The van der Waals surface area contributed by atoms with E-state index in [1.807, 2.05) is 6.07 Å². The number of hydrogen-bond acceptors (Lipinski definition) is 5. The summed E-state index contributed by atoms with van der Waals surface area (Å²) in [5.74, 6) is -2.46. The van der Waals surface area contributed by atoms with E-state index in [0.29, 0.717) is 0 Å². The average Bonchev–Trinajstić information content (AvgIpc) is 2.26. The summed E-state index contributed by atoms with van der Waals surface area (Å²) in [6.07, 6.45) is -2.43. The van der Waals surface area contributed by atoms with Crippen LogP contribution in [-0.4, -0.2) is 23.1 Å². The number of hydrogen-bond donors (Lipinski definition) is 1. The molecule has 0 heterocycles. The Bertz CT molecular complexity index is 365. The largest absolute Gasteiger partial charge is 1.00 e. The van der Waals surface area contributed by atoms with Crippen LogP contribution in [0, 0.1) is 0 Å². The van der Waals surface area contributed by atoms with E-state index in [2.05, 4.69) is 0 Å². The first-order valence-electron chi connectivity index (χ1n) is 4.68. The van der Waals surface area contributed by atoms with Gasteiger partial charge in [-0.2, -0.15) is 0 Å². The van der Waals surface area contributed by atoms with Crippen molar-refractivity contribution in [3.63, 3.8) is 0 Å². The average molecular weight is 246 g/mol. The monoisotopic (exact) mass is 246 g/mol. The molecule has 0 amide bonds. The summed E-state index contributed by atoms with van der Waals surface area (Å²) in [5, 5.41) is 19.2. The molecule has 0 aromatic heterocycles. The number of carbonyl (C=O) groups excluding carboxylic acids is 2. The number of aliphatic hydroxyl groups excluding tert-OH is 1. The molecule has 1 rings (SSSR count). The van der Waals surface area contributed by atoms with E-state index in [4.69, 9.17) is 9.84 Å². The molecule has 1 N–H and O–H groups in total. The third kappa shape index (κ3) is 6.43. The molecule has 0 saturated carbocycles. The molecule has 0 spiro atoms. The molecule has 5 nitrogen and oxygen atoms in total. The molecule has 0 saturated heterocycles. The van der Waals surface area contributed by atoms with E-state index >= 15 is 0 Å². The Kier molecular flexibility index (Phi) is 7.82. The number of ether oxygens (including phenoxy) is 1. The second kappa shape index (κ2) is 8.25. The Morgan fingerprint density at radius 3 is 2.41 bits per heavy atom. The third-order valence-electron chi connectivity index (χ3n) is 1.86. The summed E-state index contributed by atoms with van der Waals surface area (Å²) in [6, 6.07) is 8.87. The zero-order valence-corrected chi connectivity index (χ0v) is 11.5. The van der Waals surface area contributed by atoms with E-state index in [1.165, 1.54) is 0 Å². The molecule has 0 aliphatic heterocycles. The molecule has 86 valence electrons. The van der Waals surface area contributed by atoms with Crippen molar-refractivity contribution in [2.75, 3.05) is 0 Å². The molecular formula is C11H11NaO5. The summed E-state index contributed by atoms with van der Waals surface area (Å²) in [4.78, 5) is 21.2. The minimum atomic E-state index is -1.67. The Morgan fingerprint density at radius 2 is 1.88 bits per heavy atom. The minimum Gasteiger partial charge on any atom is -0.550 e. The molecule has 1 aromatic carbocycles. The van der Waals surface area contributed by atoms with Crippen molar-refractivity contribution in [3.8, 4) is 0 Å². The van der Waals surface area contributed by atoms with Crippen molar-refractivity contribution in [1.29, 1.82) is 0 Å². The van der Waals surface area contributed by atoms with Crippen LogP contribution in [-0.2, 0) is 20.9 Å². The quantitative estimate of drug-likeness (QED) is 0.426. The molecule has 1 aromatic rings. The van der Waals surface area contributed by atoms with Gasteiger partial charge < -0.3 is 19.7 Å². The van der Waals surface area contributed by atoms with Crippen LogP contribution in [0.25, 0.3) is 0 Å². The number of carboxylic acid groups (broad SMARTS) is 1. The number of benzene rings is 1. The van der Waals surface area contributed by atoms with Gasteiger partial charge in [0.15, 0.2) is 6.10 Å². The van der Waals surface area contributed by atoms with Crippen LogP contribution in [0.2, 0.25) is 0 Å². The fraction of sp³-hybridized carbons (Fsp3) is 0.273. The fourth-order valence-corrected chi connectivity index (χ4v) is 1.07. The Hall–Kier alpha value is -0.880. The van der Waals surface area contributed by atoms with Crippen LogP contribution in [0.3, 0.4) is 0 Å². The molecule has 0 aliphatic carbocycles. The van der Waals surface area contributed by atoms with E-state index in [1.54, 1.807) is 24.3 Å². The maximum absolute atomic E-state index is 11.1. The van der Waals surface area contributed by atoms with Crippen molar-refractivity contribution >= 4 is 11.9 Å². The molecule has 1 atom stereocenters. The van der Waals surface area contributed by atoms with Gasteiger partial charge in [0.05, 0.1) is 0 Å². The first-order chi connectivity index (χ1) is 7.59. The molecule has 1 unspecified atom stereocenters. The second-order valence-electron chi connectivity index (χ2n) is 3.19. The summed E-state index contributed by atoms with van der Waals surface area (Å²) in [5.41, 5.74) is 0.761. The van der Waals surface area contributed by atoms with Crippen LogP contribution >= 0.6 is 0 Å². The summed E-state index contributed by atoms with van der Waals surface area (Å²) >= 11 is 0. The predicted molar refractivity (Wildman–Crippen MR) is 51.9 cm³/mol. The molecule has 6 heteroatoms. The van der Waals surface area contributed by atoms with Crippen LogP contribution in [0.4, 0.5) is 0 Å². The zero-order valence-electron chi connectivity index (χ0n) is 9.46. The van der Waals surface area contributed by atoms with E-state index in [9.17, 15) is 14.7 Å². The van der Waals surface area contributed by atoms with Crippen molar-refractivity contribution in [2.45, 2.75) is 19.1 Å². The zero-order chi connectivity index (χ0) is 12.0. The van der Waals surface area contributed by atoms with E-state index in [0.717, 1.165) is 5.56 Å². The van der Waals surface area contributed by atoms with Crippen LogP contribution < -0.4 is 34.7 Å². The number of aliphatic carboxylic acids is 1. The number of rotatable bonds is 5. The van der Waals surface area contributed by atoms with E-state index < -0.39 is 24.5 Å². The van der Waals surface area contributed by atoms with Crippen molar-refractivity contribution in [1.82, 2.24) is 0 Å². The summed E-state index contributed by atoms with van der Waals surface area (Å²) < 4.78 is 4.71. The van der Waals surface area contributed by atoms with Crippen molar-refractivity contribution in [2.24, 2.45) is 0 Å². The molecule has 0 radical (unpaired) electrons. The number of esters is 1. The minimum absolute atomic E-state index is 0. The van der Waals surface area contributed by atoms with Gasteiger partial charge in [-0.25, -0.2) is 4.79 Å². The van der Waals surface area contributed by atoms with Gasteiger partial charge in [0.25, 0.3) is 0 Å². The fourth-order valence-electron chi connectivity index (χ4n) is 1.07. The SMILES string of the molecule is O=C([O-])CC(O)C(=O)OCc1ccccc1.[Na+]. The predicted octanol–water partition coefficient (Wildman–Crippen LogP) is -3.77. The number of carbonyl (C=O) groups is 2. The van der Waals surface area contributed by atoms with Gasteiger partial charge in [-0.1, -0.05) is 30.3 Å². The topological polar surface area (TPSA) is 86.7 Å². The second-order valence-corrected chi connectivity index (χ2v) is 3.19. The van der Waals surface area contributed by atoms with Gasteiger partial charge in [0.1, 0.15) is 6.61 Å². The standard InChI is InChI=1S/C11H12O5.Na/c12-9(6-10(13)14)11(15)16-7-8-4-2-1-3-5-8;/h1-5,9,12H,6-7H2,(H,13,14);/q;+1/p-1.